The lowest BCUT2D eigenvalue weighted by molar-refractivity contribution is 0.0739. The van der Waals surface area contributed by atoms with Crippen molar-refractivity contribution in [1.82, 2.24) is 4.90 Å². The van der Waals surface area contributed by atoms with Crippen molar-refractivity contribution in [3.8, 4) is 11.8 Å². The summed E-state index contributed by atoms with van der Waals surface area (Å²) in [4.78, 5) is 17.3. The van der Waals surface area contributed by atoms with Crippen molar-refractivity contribution in [2.24, 2.45) is 0 Å². The third-order valence-corrected chi connectivity index (χ3v) is 9.31. The van der Waals surface area contributed by atoms with Crippen LogP contribution in [0.1, 0.15) is 54.4 Å². The summed E-state index contributed by atoms with van der Waals surface area (Å²) < 4.78 is 46.3. The Morgan fingerprint density at radius 2 is 1.71 bits per heavy atom. The number of carbonyl (C=O) groups is 1. The molecule has 1 heterocycles. The third-order valence-electron chi connectivity index (χ3n) is 7.05. The summed E-state index contributed by atoms with van der Waals surface area (Å²) in [5.41, 5.74) is 0.936. The quantitative estimate of drug-likeness (QED) is 0.601. The molecule has 2 saturated carbocycles. The van der Waals surface area contributed by atoms with Crippen molar-refractivity contribution in [3.05, 3.63) is 53.3 Å². The summed E-state index contributed by atoms with van der Waals surface area (Å²) in [6.45, 7) is 1.57. The molecule has 0 atom stereocenters. The first-order valence-electron chi connectivity index (χ1n) is 12.2. The molecule has 0 spiro atoms. The zero-order valence-corrected chi connectivity index (χ0v) is 20.3. The number of halogens is 1. The van der Waals surface area contributed by atoms with Crippen molar-refractivity contribution in [1.29, 1.82) is 5.26 Å². The number of piperazine rings is 1. The van der Waals surface area contributed by atoms with Gasteiger partial charge in [0.05, 0.1) is 39.1 Å². The number of amides is 1. The molecule has 1 aliphatic heterocycles. The number of anilines is 1. The van der Waals surface area contributed by atoms with Crippen molar-refractivity contribution >= 4 is 21.4 Å². The number of nitriles is 1. The predicted octanol–water partition coefficient (Wildman–Crippen LogP) is 3.92. The van der Waals surface area contributed by atoms with Crippen LogP contribution in [0.2, 0.25) is 0 Å². The van der Waals surface area contributed by atoms with Gasteiger partial charge in [-0.05, 0) is 74.9 Å². The first-order valence-corrected chi connectivity index (χ1v) is 13.7. The minimum absolute atomic E-state index is 0.0312. The second-order valence-electron chi connectivity index (χ2n) is 9.48. The highest BCUT2D eigenvalue weighted by Gasteiger charge is 2.38. The van der Waals surface area contributed by atoms with Crippen molar-refractivity contribution < 1.29 is 22.3 Å². The van der Waals surface area contributed by atoms with Crippen molar-refractivity contribution in [3.63, 3.8) is 0 Å². The van der Waals surface area contributed by atoms with Gasteiger partial charge < -0.3 is 14.5 Å². The molecule has 0 bridgehead atoms. The number of carbonyl (C=O) groups excluding carboxylic acids is 1. The van der Waals surface area contributed by atoms with Gasteiger partial charge in [0, 0.05) is 26.2 Å². The van der Waals surface area contributed by atoms with Crippen LogP contribution >= 0.6 is 0 Å². The average Bonchev–Trinajstić information content (AvgIpc) is 3.62. The standard InChI is InChI=1S/C26H28FN3O4S/c27-23-15-18(17-28)5-9-24(23)29-11-13-30(14-12-29)26(31)22-16-21(35(32,33)20-6-7-20)8-10-25(22)34-19-3-1-2-4-19/h5,8-10,15-16,19-20H,1-4,6-7,11-14H2. The number of sulfone groups is 1. The molecule has 5 rings (SSSR count). The van der Waals surface area contributed by atoms with Crippen LogP contribution in [0.25, 0.3) is 0 Å². The van der Waals surface area contributed by atoms with Gasteiger partial charge in [-0.2, -0.15) is 5.26 Å². The Bertz CT molecular complexity index is 1270. The Balaban J connectivity index is 1.36. The lowest BCUT2D eigenvalue weighted by Gasteiger charge is -2.36. The van der Waals surface area contributed by atoms with Gasteiger partial charge in [0.1, 0.15) is 11.6 Å². The first-order chi connectivity index (χ1) is 16.9. The van der Waals surface area contributed by atoms with Gasteiger partial charge in [-0.15, -0.1) is 0 Å². The highest BCUT2D eigenvalue weighted by atomic mass is 32.2. The Kier molecular flexibility index (Phi) is 6.41. The van der Waals surface area contributed by atoms with Gasteiger partial charge in [-0.25, -0.2) is 12.8 Å². The van der Waals surface area contributed by atoms with E-state index in [0.29, 0.717) is 50.5 Å². The van der Waals surface area contributed by atoms with Crippen LogP contribution < -0.4 is 9.64 Å². The maximum atomic E-state index is 14.5. The highest BCUT2D eigenvalue weighted by molar-refractivity contribution is 7.92. The fourth-order valence-electron chi connectivity index (χ4n) is 4.87. The molecule has 2 aromatic rings. The molecule has 9 heteroatoms. The van der Waals surface area contributed by atoms with Crippen LogP contribution in [-0.4, -0.2) is 56.8 Å². The molecule has 2 aliphatic carbocycles. The van der Waals surface area contributed by atoms with Crippen LogP contribution in [0.3, 0.4) is 0 Å². The second kappa shape index (κ2) is 9.50. The molecular formula is C26H28FN3O4S. The number of benzene rings is 2. The van der Waals surface area contributed by atoms with E-state index in [1.54, 1.807) is 29.2 Å². The summed E-state index contributed by atoms with van der Waals surface area (Å²) in [7, 11) is -3.45. The molecule has 0 aromatic heterocycles. The smallest absolute Gasteiger partial charge is 0.257 e. The maximum Gasteiger partial charge on any atom is 0.257 e. The molecule has 35 heavy (non-hydrogen) atoms. The van der Waals surface area contributed by atoms with Gasteiger partial charge in [-0.3, -0.25) is 4.79 Å². The van der Waals surface area contributed by atoms with Crippen molar-refractivity contribution in [2.75, 3.05) is 31.1 Å². The van der Waals surface area contributed by atoms with Crippen LogP contribution in [0.5, 0.6) is 5.75 Å². The van der Waals surface area contributed by atoms with E-state index < -0.39 is 15.7 Å². The van der Waals surface area contributed by atoms with Crippen LogP contribution in [0, 0.1) is 17.1 Å². The van der Waals surface area contributed by atoms with Crippen LogP contribution in [-0.2, 0) is 9.84 Å². The third kappa shape index (κ3) is 4.85. The molecular weight excluding hydrogens is 469 g/mol. The van der Waals surface area contributed by atoms with Gasteiger partial charge >= 0.3 is 0 Å². The normalized spacial score (nSPS) is 19.0. The molecule has 2 aromatic carbocycles. The van der Waals surface area contributed by atoms with E-state index in [0.717, 1.165) is 25.7 Å². The van der Waals surface area contributed by atoms with E-state index in [1.165, 1.54) is 12.1 Å². The second-order valence-corrected chi connectivity index (χ2v) is 11.7. The van der Waals surface area contributed by atoms with E-state index in [2.05, 4.69) is 0 Å². The first kappa shape index (κ1) is 23.6. The minimum atomic E-state index is -3.45. The van der Waals surface area contributed by atoms with Gasteiger partial charge in [0.2, 0.25) is 0 Å². The van der Waals surface area contributed by atoms with E-state index >= 15 is 0 Å². The summed E-state index contributed by atoms with van der Waals surface area (Å²) in [6.07, 6.45) is 5.34. The van der Waals surface area contributed by atoms with Gasteiger partial charge in [0.25, 0.3) is 5.91 Å². The van der Waals surface area contributed by atoms with Gasteiger partial charge in [-0.1, -0.05) is 0 Å². The van der Waals surface area contributed by atoms with E-state index in [9.17, 15) is 17.6 Å². The largest absolute Gasteiger partial charge is 0.490 e. The Labute approximate surface area is 205 Å². The van der Waals surface area contributed by atoms with E-state index in [4.69, 9.17) is 10.00 Å². The molecule has 7 nitrogen and oxygen atoms in total. The number of ether oxygens (including phenoxy) is 1. The van der Waals surface area contributed by atoms with E-state index in [1.807, 2.05) is 11.0 Å². The average molecular weight is 498 g/mol. The number of hydrogen-bond acceptors (Lipinski definition) is 6. The highest BCUT2D eigenvalue weighted by Crippen LogP contribution is 2.36. The minimum Gasteiger partial charge on any atom is -0.490 e. The zero-order valence-electron chi connectivity index (χ0n) is 19.5. The Morgan fingerprint density at radius 3 is 2.34 bits per heavy atom. The lowest BCUT2D eigenvalue weighted by atomic mass is 10.1. The van der Waals surface area contributed by atoms with Crippen LogP contribution in [0.4, 0.5) is 10.1 Å². The number of nitrogens with zero attached hydrogens (tertiary/aromatic N) is 3. The molecule has 1 saturated heterocycles. The SMILES string of the molecule is N#Cc1ccc(N2CCN(C(=O)c3cc(S(=O)(=O)C4CC4)ccc3OC3CCCC3)CC2)c(F)c1. The summed E-state index contributed by atoms with van der Waals surface area (Å²) in [6, 6.07) is 11.0. The molecule has 3 fully saturated rings. The molecule has 3 aliphatic rings. The number of hydrogen-bond donors (Lipinski definition) is 0. The topological polar surface area (TPSA) is 90.7 Å². The lowest BCUT2D eigenvalue weighted by Crippen LogP contribution is -2.49. The molecule has 184 valence electrons. The van der Waals surface area contributed by atoms with Crippen molar-refractivity contribution in [2.45, 2.75) is 54.8 Å². The maximum absolute atomic E-state index is 14.5. The summed E-state index contributed by atoms with van der Waals surface area (Å²) in [5.74, 6) is -0.308. The predicted molar refractivity (Wildman–Crippen MR) is 129 cm³/mol. The molecule has 0 radical (unpaired) electrons. The summed E-state index contributed by atoms with van der Waals surface area (Å²) >= 11 is 0. The van der Waals surface area contributed by atoms with Crippen LogP contribution in [0.15, 0.2) is 41.3 Å². The van der Waals surface area contributed by atoms with Gasteiger partial charge in [0.15, 0.2) is 9.84 Å². The number of rotatable bonds is 6. The monoisotopic (exact) mass is 497 g/mol. The summed E-state index contributed by atoms with van der Waals surface area (Å²) in [5, 5.41) is 8.60. The fraction of sp³-hybridized carbons (Fsp3) is 0.462. The molecule has 1 amide bonds. The zero-order chi connectivity index (χ0) is 24.6. The molecule has 0 unspecified atom stereocenters. The van der Waals surface area contributed by atoms with E-state index in [-0.39, 0.29) is 33.3 Å². The fourth-order valence-corrected chi connectivity index (χ4v) is 6.55. The Hall–Kier alpha value is -3.12. The Morgan fingerprint density at radius 1 is 1.00 bits per heavy atom. The molecule has 0 N–H and O–H groups in total.